The van der Waals surface area contributed by atoms with Gasteiger partial charge < -0.3 is 10.6 Å². The number of nitrogens with one attached hydrogen (secondary N) is 2. The van der Waals surface area contributed by atoms with Gasteiger partial charge in [-0.1, -0.05) is 35.9 Å². The Morgan fingerprint density at radius 1 is 1.33 bits per heavy atom. The zero-order valence-electron chi connectivity index (χ0n) is 12.1. The number of nitrogens with zero attached hydrogens (tertiary/aromatic N) is 1. The Bertz CT molecular complexity index is 637. The number of aryl methyl sites for hydroxylation is 1. The summed E-state index contributed by atoms with van der Waals surface area (Å²) in [5, 5.41) is 6.01. The number of hydrogen-bond acceptors (Lipinski definition) is 3. The maximum Gasteiger partial charge on any atom is 0.270 e. The SMILES string of the molecule is C=CCNC(=O)c1cc(NCc2cccc(C)c2)ccn1. The van der Waals surface area contributed by atoms with Crippen molar-refractivity contribution in [3.63, 3.8) is 0 Å². The standard InChI is InChI=1S/C17H19N3O/c1-3-8-19-17(21)16-11-15(7-9-18-16)20-12-14-6-4-5-13(2)10-14/h3-7,9-11H,1,8,12H2,2H3,(H,18,20)(H,19,21). The summed E-state index contributed by atoms with van der Waals surface area (Å²) in [4.78, 5) is 15.9. The maximum atomic E-state index is 11.8. The van der Waals surface area contributed by atoms with Crippen LogP contribution in [0.5, 0.6) is 0 Å². The molecule has 21 heavy (non-hydrogen) atoms. The third-order valence-electron chi connectivity index (χ3n) is 2.98. The lowest BCUT2D eigenvalue weighted by Gasteiger charge is -2.08. The zero-order valence-corrected chi connectivity index (χ0v) is 12.1. The smallest absolute Gasteiger partial charge is 0.270 e. The van der Waals surface area contributed by atoms with Crippen molar-refractivity contribution in [2.24, 2.45) is 0 Å². The Balaban J connectivity index is 2.00. The predicted octanol–water partition coefficient (Wildman–Crippen LogP) is 2.92. The minimum atomic E-state index is -0.200. The van der Waals surface area contributed by atoms with E-state index in [0.717, 1.165) is 5.69 Å². The van der Waals surface area contributed by atoms with Crippen molar-refractivity contribution < 1.29 is 4.79 Å². The van der Waals surface area contributed by atoms with Crippen LogP contribution in [0, 0.1) is 6.92 Å². The van der Waals surface area contributed by atoms with Gasteiger partial charge in [-0.15, -0.1) is 6.58 Å². The first-order valence-electron chi connectivity index (χ1n) is 6.83. The minimum Gasteiger partial charge on any atom is -0.381 e. The fourth-order valence-electron chi connectivity index (χ4n) is 1.95. The predicted molar refractivity (Wildman–Crippen MR) is 85.3 cm³/mol. The molecule has 2 N–H and O–H groups in total. The van der Waals surface area contributed by atoms with Crippen LogP contribution in [0.15, 0.2) is 55.3 Å². The molecule has 0 bridgehead atoms. The molecule has 0 aliphatic heterocycles. The molecule has 4 nitrogen and oxygen atoms in total. The van der Waals surface area contributed by atoms with E-state index < -0.39 is 0 Å². The highest BCUT2D eigenvalue weighted by Crippen LogP contribution is 2.11. The highest BCUT2D eigenvalue weighted by atomic mass is 16.1. The average molecular weight is 281 g/mol. The van der Waals surface area contributed by atoms with Crippen LogP contribution in [0.25, 0.3) is 0 Å². The molecule has 0 radical (unpaired) electrons. The first kappa shape index (κ1) is 14.8. The molecule has 0 atom stereocenters. The van der Waals surface area contributed by atoms with Gasteiger partial charge in [0.1, 0.15) is 5.69 Å². The Morgan fingerprint density at radius 3 is 2.95 bits per heavy atom. The third kappa shape index (κ3) is 4.45. The highest BCUT2D eigenvalue weighted by molar-refractivity contribution is 5.93. The summed E-state index contributed by atoms with van der Waals surface area (Å²) in [7, 11) is 0. The molecule has 2 aromatic rings. The van der Waals surface area contributed by atoms with Crippen LogP contribution in [-0.4, -0.2) is 17.4 Å². The number of amides is 1. The van der Waals surface area contributed by atoms with Crippen molar-refractivity contribution >= 4 is 11.6 Å². The topological polar surface area (TPSA) is 54.0 Å². The van der Waals surface area contributed by atoms with Crippen LogP contribution >= 0.6 is 0 Å². The molecule has 0 aliphatic rings. The zero-order chi connectivity index (χ0) is 15.1. The maximum absolute atomic E-state index is 11.8. The summed E-state index contributed by atoms with van der Waals surface area (Å²) in [6.07, 6.45) is 3.26. The number of aromatic nitrogens is 1. The highest BCUT2D eigenvalue weighted by Gasteiger charge is 2.06. The molecular weight excluding hydrogens is 262 g/mol. The Morgan fingerprint density at radius 2 is 2.19 bits per heavy atom. The van der Waals surface area contributed by atoms with Gasteiger partial charge in [-0.3, -0.25) is 9.78 Å². The molecule has 1 amide bonds. The van der Waals surface area contributed by atoms with E-state index in [0.29, 0.717) is 18.8 Å². The van der Waals surface area contributed by atoms with Crippen molar-refractivity contribution in [1.82, 2.24) is 10.3 Å². The van der Waals surface area contributed by atoms with E-state index in [4.69, 9.17) is 0 Å². The molecule has 4 heteroatoms. The normalized spacial score (nSPS) is 9.95. The Labute approximate surface area is 124 Å². The number of pyridine rings is 1. The quantitative estimate of drug-likeness (QED) is 0.800. The summed E-state index contributed by atoms with van der Waals surface area (Å²) < 4.78 is 0. The van der Waals surface area contributed by atoms with E-state index in [1.807, 2.05) is 12.1 Å². The summed E-state index contributed by atoms with van der Waals surface area (Å²) >= 11 is 0. The Kier molecular flexibility index (Phi) is 5.10. The van der Waals surface area contributed by atoms with Crippen LogP contribution in [-0.2, 0) is 6.54 Å². The Hall–Kier alpha value is -2.62. The van der Waals surface area contributed by atoms with Crippen LogP contribution < -0.4 is 10.6 Å². The van der Waals surface area contributed by atoms with Crippen molar-refractivity contribution in [2.45, 2.75) is 13.5 Å². The largest absolute Gasteiger partial charge is 0.381 e. The molecule has 1 heterocycles. The van der Waals surface area contributed by atoms with Gasteiger partial charge in [0.2, 0.25) is 0 Å². The molecule has 0 aliphatic carbocycles. The van der Waals surface area contributed by atoms with Gasteiger partial charge >= 0.3 is 0 Å². The van der Waals surface area contributed by atoms with Gasteiger partial charge in [-0.05, 0) is 24.6 Å². The lowest BCUT2D eigenvalue weighted by Crippen LogP contribution is -2.24. The van der Waals surface area contributed by atoms with E-state index in [9.17, 15) is 4.79 Å². The molecule has 0 unspecified atom stereocenters. The summed E-state index contributed by atoms with van der Waals surface area (Å²) in [6, 6.07) is 11.9. The van der Waals surface area contributed by atoms with Crippen molar-refractivity contribution in [1.29, 1.82) is 0 Å². The molecular formula is C17H19N3O. The van der Waals surface area contributed by atoms with Gasteiger partial charge in [0.15, 0.2) is 0 Å². The van der Waals surface area contributed by atoms with Gasteiger partial charge in [0.05, 0.1) is 0 Å². The van der Waals surface area contributed by atoms with Crippen LogP contribution in [0.3, 0.4) is 0 Å². The lowest BCUT2D eigenvalue weighted by molar-refractivity contribution is 0.0953. The van der Waals surface area contributed by atoms with Crippen LogP contribution in [0.4, 0.5) is 5.69 Å². The minimum absolute atomic E-state index is 0.200. The number of carbonyl (C=O) groups is 1. The van der Waals surface area contributed by atoms with Gasteiger partial charge in [0, 0.05) is 25.0 Å². The average Bonchev–Trinajstić information content (AvgIpc) is 2.51. The molecule has 0 saturated carbocycles. The summed E-state index contributed by atoms with van der Waals surface area (Å²) in [6.45, 7) is 6.77. The fraction of sp³-hybridized carbons (Fsp3) is 0.176. The summed E-state index contributed by atoms with van der Waals surface area (Å²) in [5.74, 6) is -0.200. The molecule has 0 fully saturated rings. The van der Waals surface area contributed by atoms with Gasteiger partial charge in [0.25, 0.3) is 5.91 Å². The van der Waals surface area contributed by atoms with Crippen molar-refractivity contribution in [3.05, 3.63) is 72.1 Å². The van der Waals surface area contributed by atoms with E-state index in [2.05, 4.69) is 47.3 Å². The molecule has 2 rings (SSSR count). The first-order chi connectivity index (χ1) is 10.2. The van der Waals surface area contributed by atoms with E-state index in [1.54, 1.807) is 18.3 Å². The van der Waals surface area contributed by atoms with E-state index >= 15 is 0 Å². The number of benzene rings is 1. The van der Waals surface area contributed by atoms with E-state index in [-0.39, 0.29) is 5.91 Å². The van der Waals surface area contributed by atoms with Gasteiger partial charge in [-0.2, -0.15) is 0 Å². The number of carbonyl (C=O) groups excluding carboxylic acids is 1. The number of rotatable bonds is 6. The van der Waals surface area contributed by atoms with Gasteiger partial charge in [-0.25, -0.2) is 0 Å². The molecule has 108 valence electrons. The lowest BCUT2D eigenvalue weighted by atomic mass is 10.1. The first-order valence-corrected chi connectivity index (χ1v) is 6.83. The number of hydrogen-bond donors (Lipinski definition) is 2. The van der Waals surface area contributed by atoms with Crippen molar-refractivity contribution in [3.8, 4) is 0 Å². The molecule has 1 aromatic heterocycles. The second-order valence-electron chi connectivity index (χ2n) is 4.77. The molecule has 0 spiro atoms. The fourth-order valence-corrected chi connectivity index (χ4v) is 1.95. The van der Waals surface area contributed by atoms with E-state index in [1.165, 1.54) is 11.1 Å². The van der Waals surface area contributed by atoms with Crippen LogP contribution in [0.1, 0.15) is 21.6 Å². The molecule has 1 aromatic carbocycles. The monoisotopic (exact) mass is 281 g/mol. The second-order valence-corrected chi connectivity index (χ2v) is 4.77. The van der Waals surface area contributed by atoms with Crippen LogP contribution in [0.2, 0.25) is 0 Å². The van der Waals surface area contributed by atoms with Crippen molar-refractivity contribution in [2.75, 3.05) is 11.9 Å². The third-order valence-corrected chi connectivity index (χ3v) is 2.98. The number of anilines is 1. The second kappa shape index (κ2) is 7.24. The summed E-state index contributed by atoms with van der Waals surface area (Å²) in [5.41, 5.74) is 3.69. The molecule has 0 saturated heterocycles.